The van der Waals surface area contributed by atoms with Crippen LogP contribution < -0.4 is 15.5 Å². The molecule has 4 heteroatoms. The second kappa shape index (κ2) is 5.76. The molecule has 0 aromatic heterocycles. The lowest BCUT2D eigenvalue weighted by Crippen LogP contribution is -2.46. The van der Waals surface area contributed by atoms with E-state index >= 15 is 0 Å². The summed E-state index contributed by atoms with van der Waals surface area (Å²) in [5.41, 5.74) is 9.37. The van der Waals surface area contributed by atoms with E-state index in [4.69, 9.17) is 11.0 Å². The number of piperazine rings is 1. The van der Waals surface area contributed by atoms with Crippen LogP contribution in [0.4, 0.5) is 17.1 Å². The molecular formula is C17H18N4. The van der Waals surface area contributed by atoms with E-state index in [9.17, 15) is 0 Å². The predicted octanol–water partition coefficient (Wildman–Crippen LogP) is 2.47. The number of nitriles is 1. The fourth-order valence-corrected chi connectivity index (χ4v) is 2.71. The maximum atomic E-state index is 8.93. The van der Waals surface area contributed by atoms with E-state index in [1.807, 2.05) is 18.2 Å². The maximum Gasteiger partial charge on any atom is 0.101 e. The number of nitrogens with two attached hydrogens (primary N) is 1. The van der Waals surface area contributed by atoms with Crippen LogP contribution in [0.2, 0.25) is 0 Å². The first-order chi connectivity index (χ1) is 10.3. The molecule has 4 nitrogen and oxygen atoms in total. The normalized spacial score (nSPS) is 14.8. The highest BCUT2D eigenvalue weighted by molar-refractivity contribution is 5.64. The van der Waals surface area contributed by atoms with Gasteiger partial charge in [0.1, 0.15) is 6.07 Å². The zero-order valence-electron chi connectivity index (χ0n) is 11.9. The van der Waals surface area contributed by atoms with Crippen molar-refractivity contribution in [2.24, 2.45) is 0 Å². The van der Waals surface area contributed by atoms with Crippen molar-refractivity contribution in [2.75, 3.05) is 41.7 Å². The fraction of sp³-hybridized carbons (Fsp3) is 0.235. The van der Waals surface area contributed by atoms with Gasteiger partial charge in [-0.3, -0.25) is 0 Å². The van der Waals surface area contributed by atoms with Gasteiger partial charge < -0.3 is 15.5 Å². The Morgan fingerprint density at radius 3 is 2.05 bits per heavy atom. The minimum atomic E-state index is 0.543. The van der Waals surface area contributed by atoms with Crippen LogP contribution in [-0.2, 0) is 0 Å². The fourth-order valence-electron chi connectivity index (χ4n) is 2.71. The molecule has 0 amide bonds. The smallest absolute Gasteiger partial charge is 0.101 e. The van der Waals surface area contributed by atoms with Crippen molar-refractivity contribution in [3.63, 3.8) is 0 Å². The van der Waals surface area contributed by atoms with E-state index in [1.165, 1.54) is 5.69 Å². The van der Waals surface area contributed by atoms with E-state index in [0.717, 1.165) is 31.9 Å². The molecule has 3 rings (SSSR count). The first-order valence-corrected chi connectivity index (χ1v) is 7.12. The van der Waals surface area contributed by atoms with E-state index < -0.39 is 0 Å². The quantitative estimate of drug-likeness (QED) is 0.857. The summed E-state index contributed by atoms with van der Waals surface area (Å²) in [7, 11) is 0. The molecule has 0 atom stereocenters. The Labute approximate surface area is 125 Å². The molecule has 1 fully saturated rings. The number of nitrogens with zero attached hydrogens (tertiary/aromatic N) is 3. The van der Waals surface area contributed by atoms with Crippen molar-refractivity contribution in [3.05, 3.63) is 54.1 Å². The molecule has 1 aliphatic rings. The van der Waals surface area contributed by atoms with Gasteiger partial charge in [-0.05, 0) is 30.3 Å². The molecular weight excluding hydrogens is 260 g/mol. The molecule has 1 saturated heterocycles. The van der Waals surface area contributed by atoms with E-state index in [0.29, 0.717) is 11.3 Å². The number of hydrogen-bond donors (Lipinski definition) is 1. The lowest BCUT2D eigenvalue weighted by atomic mass is 10.1. The van der Waals surface area contributed by atoms with Gasteiger partial charge in [0.2, 0.25) is 0 Å². The predicted molar refractivity (Wildman–Crippen MR) is 86.4 cm³/mol. The standard InChI is InChI=1S/C17H18N4/c18-13-14-6-7-16(12-17(14)19)21-10-8-20(9-11-21)15-4-2-1-3-5-15/h1-7,12H,8-11,19H2. The zero-order chi connectivity index (χ0) is 14.7. The van der Waals surface area contributed by atoms with Crippen molar-refractivity contribution in [1.29, 1.82) is 5.26 Å². The van der Waals surface area contributed by atoms with Gasteiger partial charge in [0.05, 0.1) is 11.3 Å². The first-order valence-electron chi connectivity index (χ1n) is 7.12. The molecule has 1 aliphatic heterocycles. The topological polar surface area (TPSA) is 56.3 Å². The highest BCUT2D eigenvalue weighted by Crippen LogP contribution is 2.23. The third kappa shape index (κ3) is 2.77. The van der Waals surface area contributed by atoms with Gasteiger partial charge >= 0.3 is 0 Å². The Hall–Kier alpha value is -2.67. The number of anilines is 3. The van der Waals surface area contributed by atoms with Gasteiger partial charge in [-0.25, -0.2) is 0 Å². The summed E-state index contributed by atoms with van der Waals surface area (Å²) in [5.74, 6) is 0. The second-order valence-corrected chi connectivity index (χ2v) is 5.19. The third-order valence-electron chi connectivity index (χ3n) is 3.92. The van der Waals surface area contributed by atoms with Crippen LogP contribution in [-0.4, -0.2) is 26.2 Å². The van der Waals surface area contributed by atoms with Crippen molar-refractivity contribution in [2.45, 2.75) is 0 Å². The summed E-state index contributed by atoms with van der Waals surface area (Å²) in [6.45, 7) is 3.90. The monoisotopic (exact) mass is 278 g/mol. The maximum absolute atomic E-state index is 8.93. The summed E-state index contributed by atoms with van der Waals surface area (Å²) in [5, 5.41) is 8.93. The number of rotatable bonds is 2. The molecule has 2 aromatic carbocycles. The van der Waals surface area contributed by atoms with Crippen LogP contribution in [0.1, 0.15) is 5.56 Å². The molecule has 0 radical (unpaired) electrons. The van der Waals surface area contributed by atoms with E-state index in [1.54, 1.807) is 6.07 Å². The largest absolute Gasteiger partial charge is 0.398 e. The number of nitrogen functional groups attached to an aromatic ring is 1. The molecule has 0 unspecified atom stereocenters. The number of para-hydroxylation sites is 1. The Bertz CT molecular complexity index is 652. The lowest BCUT2D eigenvalue weighted by Gasteiger charge is -2.37. The minimum Gasteiger partial charge on any atom is -0.398 e. The van der Waals surface area contributed by atoms with Crippen LogP contribution in [0.3, 0.4) is 0 Å². The van der Waals surface area contributed by atoms with Gasteiger partial charge in [-0.1, -0.05) is 18.2 Å². The van der Waals surface area contributed by atoms with Crippen LogP contribution in [0.5, 0.6) is 0 Å². The van der Waals surface area contributed by atoms with Crippen molar-refractivity contribution in [1.82, 2.24) is 0 Å². The summed E-state index contributed by atoms with van der Waals surface area (Å²) in [6, 6.07) is 18.3. The molecule has 0 saturated carbocycles. The molecule has 106 valence electrons. The highest BCUT2D eigenvalue weighted by atomic mass is 15.3. The van der Waals surface area contributed by atoms with Crippen LogP contribution >= 0.6 is 0 Å². The Balaban J connectivity index is 1.69. The Morgan fingerprint density at radius 2 is 1.48 bits per heavy atom. The molecule has 2 N–H and O–H groups in total. The Morgan fingerprint density at radius 1 is 0.857 bits per heavy atom. The summed E-state index contributed by atoms with van der Waals surface area (Å²) >= 11 is 0. The average molecular weight is 278 g/mol. The summed E-state index contributed by atoms with van der Waals surface area (Å²) in [6.07, 6.45) is 0. The van der Waals surface area contributed by atoms with Crippen LogP contribution in [0.25, 0.3) is 0 Å². The van der Waals surface area contributed by atoms with E-state index in [2.05, 4.69) is 40.1 Å². The average Bonchev–Trinajstić information content (AvgIpc) is 2.56. The molecule has 0 spiro atoms. The molecule has 2 aromatic rings. The van der Waals surface area contributed by atoms with Crippen molar-refractivity contribution < 1.29 is 0 Å². The molecule has 1 heterocycles. The zero-order valence-corrected chi connectivity index (χ0v) is 11.9. The number of hydrogen-bond acceptors (Lipinski definition) is 4. The Kier molecular flexibility index (Phi) is 3.65. The summed E-state index contributed by atoms with van der Waals surface area (Å²) < 4.78 is 0. The first kappa shape index (κ1) is 13.3. The van der Waals surface area contributed by atoms with Gasteiger partial charge in [0.25, 0.3) is 0 Å². The lowest BCUT2D eigenvalue weighted by molar-refractivity contribution is 0.653. The van der Waals surface area contributed by atoms with E-state index in [-0.39, 0.29) is 0 Å². The highest BCUT2D eigenvalue weighted by Gasteiger charge is 2.17. The van der Waals surface area contributed by atoms with Crippen molar-refractivity contribution in [3.8, 4) is 6.07 Å². The minimum absolute atomic E-state index is 0.543. The second-order valence-electron chi connectivity index (χ2n) is 5.19. The molecule has 0 bridgehead atoms. The van der Waals surface area contributed by atoms with Gasteiger partial charge in [-0.15, -0.1) is 0 Å². The molecule has 0 aliphatic carbocycles. The number of benzene rings is 2. The van der Waals surface area contributed by atoms with Gasteiger partial charge in [0.15, 0.2) is 0 Å². The van der Waals surface area contributed by atoms with Crippen molar-refractivity contribution >= 4 is 17.1 Å². The molecule has 21 heavy (non-hydrogen) atoms. The summed E-state index contributed by atoms with van der Waals surface area (Å²) in [4.78, 5) is 4.71. The van der Waals surface area contributed by atoms with Crippen LogP contribution in [0.15, 0.2) is 48.5 Å². The van der Waals surface area contributed by atoms with Gasteiger partial charge in [0, 0.05) is 37.6 Å². The third-order valence-corrected chi connectivity index (χ3v) is 3.92. The SMILES string of the molecule is N#Cc1ccc(N2CCN(c3ccccc3)CC2)cc1N. The van der Waals surface area contributed by atoms with Gasteiger partial charge in [-0.2, -0.15) is 5.26 Å². The van der Waals surface area contributed by atoms with Crippen LogP contribution in [0, 0.1) is 11.3 Å².